The maximum Gasteiger partial charge on any atom is 0.126 e. The van der Waals surface area contributed by atoms with Gasteiger partial charge in [0, 0.05) is 32.9 Å². The number of hydrogen-bond acceptors (Lipinski definition) is 3. The molecule has 0 aromatic carbocycles. The van der Waals surface area contributed by atoms with Crippen LogP contribution in [0.2, 0.25) is 0 Å². The highest BCUT2D eigenvalue weighted by molar-refractivity contribution is 9.10. The van der Waals surface area contributed by atoms with E-state index in [2.05, 4.69) is 52.2 Å². The van der Waals surface area contributed by atoms with Crippen LogP contribution in [0.15, 0.2) is 34.9 Å². The predicted octanol–water partition coefficient (Wildman–Crippen LogP) is 4.26. The van der Waals surface area contributed by atoms with E-state index in [-0.39, 0.29) is 0 Å². The van der Waals surface area contributed by atoms with E-state index >= 15 is 0 Å². The minimum Gasteiger partial charge on any atom is -0.367 e. The number of aromatic nitrogens is 1. The van der Waals surface area contributed by atoms with Crippen LogP contribution >= 0.6 is 27.3 Å². The number of rotatable bonds is 4. The number of nitrogens with one attached hydrogen (secondary N) is 1. The number of nitrogens with zero attached hydrogens (tertiary/aromatic N) is 1. The van der Waals surface area contributed by atoms with Gasteiger partial charge in [-0.1, -0.05) is 0 Å². The Morgan fingerprint density at radius 2 is 2.18 bits per heavy atom. The van der Waals surface area contributed by atoms with Crippen LogP contribution in [-0.4, -0.2) is 11.0 Å². The third-order valence-electron chi connectivity index (χ3n) is 2.43. The molecule has 2 heterocycles. The molecule has 1 N–H and O–H groups in total. The predicted molar refractivity (Wildman–Crippen MR) is 77.8 cm³/mol. The van der Waals surface area contributed by atoms with Gasteiger partial charge in [-0.15, -0.1) is 11.3 Å². The summed E-state index contributed by atoms with van der Waals surface area (Å²) >= 11 is 5.24. The Hall–Kier alpha value is -0.870. The summed E-state index contributed by atoms with van der Waals surface area (Å²) in [6, 6.07) is 8.75. The highest BCUT2D eigenvalue weighted by Crippen LogP contribution is 2.18. The van der Waals surface area contributed by atoms with Crippen LogP contribution in [0.5, 0.6) is 0 Å². The Bertz CT molecular complexity index is 478. The van der Waals surface area contributed by atoms with E-state index in [0.29, 0.717) is 6.04 Å². The summed E-state index contributed by atoms with van der Waals surface area (Å²) < 4.78 is 1.00. The number of thiophene rings is 1. The van der Waals surface area contributed by atoms with E-state index in [9.17, 15) is 0 Å². The van der Waals surface area contributed by atoms with Gasteiger partial charge in [0.05, 0.1) is 0 Å². The van der Waals surface area contributed by atoms with Crippen molar-refractivity contribution < 1.29 is 0 Å². The molecule has 0 saturated heterocycles. The molecule has 4 heteroatoms. The normalized spacial score (nSPS) is 12.4. The van der Waals surface area contributed by atoms with Crippen LogP contribution in [0.1, 0.15) is 16.7 Å². The third-order valence-corrected chi connectivity index (χ3v) is 3.92. The monoisotopic (exact) mass is 310 g/mol. The standard InChI is InChI=1S/C13H15BrN2S/c1-9(7-12-5-3-10(2)17-12)16-13-6-4-11(14)8-15-13/h3-6,8-9H,7H2,1-2H3,(H,15,16). The molecule has 0 fully saturated rings. The number of halogens is 1. The van der Waals surface area contributed by atoms with Crippen LogP contribution in [0.4, 0.5) is 5.82 Å². The Morgan fingerprint density at radius 1 is 1.35 bits per heavy atom. The van der Waals surface area contributed by atoms with E-state index in [1.165, 1.54) is 9.75 Å². The second kappa shape index (κ2) is 5.65. The highest BCUT2D eigenvalue weighted by atomic mass is 79.9. The average Bonchev–Trinajstić information content (AvgIpc) is 2.67. The molecule has 0 spiro atoms. The molecule has 1 unspecified atom stereocenters. The maximum atomic E-state index is 4.31. The van der Waals surface area contributed by atoms with Gasteiger partial charge in [0.15, 0.2) is 0 Å². The molecule has 0 amide bonds. The number of anilines is 1. The molecule has 2 rings (SSSR count). The Morgan fingerprint density at radius 3 is 2.76 bits per heavy atom. The summed E-state index contributed by atoms with van der Waals surface area (Å²) in [5.41, 5.74) is 0. The fourth-order valence-electron chi connectivity index (χ4n) is 1.66. The fraction of sp³-hybridized carbons (Fsp3) is 0.308. The lowest BCUT2D eigenvalue weighted by Crippen LogP contribution is -2.18. The zero-order valence-electron chi connectivity index (χ0n) is 9.90. The van der Waals surface area contributed by atoms with Crippen molar-refractivity contribution in [2.24, 2.45) is 0 Å². The van der Waals surface area contributed by atoms with Crippen molar-refractivity contribution in [3.63, 3.8) is 0 Å². The SMILES string of the molecule is Cc1ccc(CC(C)Nc2ccc(Br)cn2)s1. The largest absolute Gasteiger partial charge is 0.367 e. The summed E-state index contributed by atoms with van der Waals surface area (Å²) in [6.07, 6.45) is 2.85. The highest BCUT2D eigenvalue weighted by Gasteiger charge is 2.05. The number of hydrogen-bond donors (Lipinski definition) is 1. The molecule has 0 radical (unpaired) electrons. The molecule has 0 bridgehead atoms. The lowest BCUT2D eigenvalue weighted by atomic mass is 10.2. The summed E-state index contributed by atoms with van der Waals surface area (Å²) in [7, 11) is 0. The first-order valence-electron chi connectivity index (χ1n) is 5.57. The zero-order chi connectivity index (χ0) is 12.3. The van der Waals surface area contributed by atoms with Gasteiger partial charge >= 0.3 is 0 Å². The van der Waals surface area contributed by atoms with E-state index in [1.54, 1.807) is 0 Å². The first kappa shape index (κ1) is 12.6. The third kappa shape index (κ3) is 3.82. The van der Waals surface area contributed by atoms with Crippen molar-refractivity contribution in [1.82, 2.24) is 4.98 Å². The molecule has 0 aliphatic rings. The summed E-state index contributed by atoms with van der Waals surface area (Å²) in [6.45, 7) is 4.32. The van der Waals surface area contributed by atoms with Crippen molar-refractivity contribution in [3.05, 3.63) is 44.7 Å². The molecular formula is C13H15BrN2S. The second-order valence-corrected chi connectivity index (χ2v) is 6.41. The topological polar surface area (TPSA) is 24.9 Å². The Labute approximate surface area is 114 Å². The van der Waals surface area contributed by atoms with Gasteiger partial charge in [0.25, 0.3) is 0 Å². The van der Waals surface area contributed by atoms with Crippen molar-refractivity contribution >= 4 is 33.1 Å². The Kier molecular flexibility index (Phi) is 4.18. The second-order valence-electron chi connectivity index (χ2n) is 4.12. The van der Waals surface area contributed by atoms with Gasteiger partial charge < -0.3 is 5.32 Å². The molecule has 17 heavy (non-hydrogen) atoms. The van der Waals surface area contributed by atoms with Gasteiger partial charge in [0.1, 0.15) is 5.82 Å². The van der Waals surface area contributed by atoms with E-state index < -0.39 is 0 Å². The van der Waals surface area contributed by atoms with Gasteiger partial charge in [0.2, 0.25) is 0 Å². The molecule has 0 saturated carbocycles. The fourth-order valence-corrected chi connectivity index (χ4v) is 2.91. The summed E-state index contributed by atoms with van der Waals surface area (Å²) in [4.78, 5) is 7.10. The van der Waals surface area contributed by atoms with E-state index in [0.717, 1.165) is 16.7 Å². The van der Waals surface area contributed by atoms with Crippen molar-refractivity contribution in [1.29, 1.82) is 0 Å². The molecule has 2 aromatic rings. The lowest BCUT2D eigenvalue weighted by Gasteiger charge is -2.13. The number of aryl methyl sites for hydroxylation is 1. The quantitative estimate of drug-likeness (QED) is 0.912. The summed E-state index contributed by atoms with van der Waals surface area (Å²) in [5.74, 6) is 0.925. The van der Waals surface area contributed by atoms with Crippen LogP contribution in [0.25, 0.3) is 0 Å². The van der Waals surface area contributed by atoms with Crippen LogP contribution in [0.3, 0.4) is 0 Å². The Balaban J connectivity index is 1.93. The average molecular weight is 311 g/mol. The van der Waals surface area contributed by atoms with Gasteiger partial charge in [-0.25, -0.2) is 4.98 Å². The summed E-state index contributed by atoms with van der Waals surface area (Å²) in [5, 5.41) is 3.40. The van der Waals surface area contributed by atoms with Crippen LogP contribution in [-0.2, 0) is 6.42 Å². The van der Waals surface area contributed by atoms with Crippen LogP contribution < -0.4 is 5.32 Å². The van der Waals surface area contributed by atoms with E-state index in [4.69, 9.17) is 0 Å². The molecular weight excluding hydrogens is 296 g/mol. The molecule has 1 atom stereocenters. The zero-order valence-corrected chi connectivity index (χ0v) is 12.3. The minimum atomic E-state index is 0.390. The minimum absolute atomic E-state index is 0.390. The number of pyridine rings is 1. The first-order chi connectivity index (χ1) is 8.13. The maximum absolute atomic E-state index is 4.31. The lowest BCUT2D eigenvalue weighted by molar-refractivity contribution is 0.794. The molecule has 2 aromatic heterocycles. The molecule has 0 aliphatic heterocycles. The van der Waals surface area contributed by atoms with E-state index in [1.807, 2.05) is 29.7 Å². The van der Waals surface area contributed by atoms with Crippen molar-refractivity contribution in [2.75, 3.05) is 5.32 Å². The first-order valence-corrected chi connectivity index (χ1v) is 7.18. The van der Waals surface area contributed by atoms with Gasteiger partial charge in [-0.2, -0.15) is 0 Å². The van der Waals surface area contributed by atoms with Crippen molar-refractivity contribution in [3.8, 4) is 0 Å². The van der Waals surface area contributed by atoms with Gasteiger partial charge in [-0.05, 0) is 54.0 Å². The van der Waals surface area contributed by atoms with Crippen molar-refractivity contribution in [2.45, 2.75) is 26.3 Å². The molecule has 0 aliphatic carbocycles. The molecule has 2 nitrogen and oxygen atoms in total. The van der Waals surface area contributed by atoms with Gasteiger partial charge in [-0.3, -0.25) is 0 Å². The molecule has 90 valence electrons. The van der Waals surface area contributed by atoms with Crippen LogP contribution in [0, 0.1) is 6.92 Å². The smallest absolute Gasteiger partial charge is 0.126 e.